The Hall–Kier alpha value is -5.40. The molecule has 2 fully saturated rings. The number of urea groups is 2. The van der Waals surface area contributed by atoms with Crippen LogP contribution in [0.25, 0.3) is 11.1 Å². The second kappa shape index (κ2) is 13.7. The number of barbiturate groups is 2. The van der Waals surface area contributed by atoms with Crippen LogP contribution in [-0.2, 0) is 19.2 Å². The Morgan fingerprint density at radius 3 is 1.27 bits per heavy atom. The average Bonchev–Trinajstić information content (AvgIpc) is 2.95. The highest BCUT2D eigenvalue weighted by Gasteiger charge is 2.34. The SMILES string of the molecule is CCCOc1cc(-c2cc(OCCC)c(N=CC3C(=O)NC(=O)NC3=O)cc2C)c(C)cc1N=CC1C(=O)NC(=O)NC1=O. The summed E-state index contributed by atoms with van der Waals surface area (Å²) in [4.78, 5) is 80.2. The van der Waals surface area contributed by atoms with Crippen molar-refractivity contribution in [2.24, 2.45) is 21.8 Å². The molecule has 2 saturated heterocycles. The van der Waals surface area contributed by atoms with Gasteiger partial charge in [0.05, 0.1) is 13.2 Å². The molecule has 2 heterocycles. The molecular weight excluding hydrogens is 572 g/mol. The third-order valence-electron chi connectivity index (χ3n) is 6.63. The monoisotopic (exact) mass is 604 g/mol. The molecule has 8 amide bonds. The lowest BCUT2D eigenvalue weighted by Gasteiger charge is -2.19. The van der Waals surface area contributed by atoms with Crippen LogP contribution in [0.15, 0.2) is 34.3 Å². The van der Waals surface area contributed by atoms with E-state index >= 15 is 0 Å². The topological polar surface area (TPSA) is 194 Å². The first kappa shape index (κ1) is 31.5. The number of aliphatic imine (C=N–C) groups is 2. The lowest BCUT2D eigenvalue weighted by molar-refractivity contribution is -0.134. The molecule has 2 aliphatic heterocycles. The maximum Gasteiger partial charge on any atom is 0.328 e. The van der Waals surface area contributed by atoms with E-state index in [1.807, 2.05) is 61.1 Å². The fourth-order valence-corrected chi connectivity index (χ4v) is 4.42. The van der Waals surface area contributed by atoms with Crippen molar-refractivity contribution in [3.8, 4) is 22.6 Å². The van der Waals surface area contributed by atoms with E-state index in [1.165, 1.54) is 12.4 Å². The van der Waals surface area contributed by atoms with Crippen molar-refractivity contribution in [1.82, 2.24) is 21.3 Å². The summed E-state index contributed by atoms with van der Waals surface area (Å²) < 4.78 is 12.0. The van der Waals surface area contributed by atoms with Crippen molar-refractivity contribution in [2.75, 3.05) is 13.2 Å². The van der Waals surface area contributed by atoms with E-state index in [4.69, 9.17) is 9.47 Å². The van der Waals surface area contributed by atoms with E-state index in [9.17, 15) is 28.8 Å². The van der Waals surface area contributed by atoms with Crippen LogP contribution in [-0.4, -0.2) is 61.3 Å². The predicted molar refractivity (Wildman–Crippen MR) is 160 cm³/mol. The van der Waals surface area contributed by atoms with Gasteiger partial charge in [0.2, 0.25) is 23.6 Å². The third kappa shape index (κ3) is 7.14. The fourth-order valence-electron chi connectivity index (χ4n) is 4.42. The van der Waals surface area contributed by atoms with Gasteiger partial charge in [-0.05, 0) is 73.2 Å². The molecule has 0 saturated carbocycles. The smallest absolute Gasteiger partial charge is 0.328 e. The molecule has 2 aliphatic rings. The predicted octanol–water partition coefficient (Wildman–Crippen LogP) is 2.92. The van der Waals surface area contributed by atoms with Crippen LogP contribution in [0.3, 0.4) is 0 Å². The van der Waals surface area contributed by atoms with Crippen molar-refractivity contribution in [2.45, 2.75) is 40.5 Å². The van der Waals surface area contributed by atoms with Gasteiger partial charge in [-0.1, -0.05) is 13.8 Å². The van der Waals surface area contributed by atoms with Gasteiger partial charge in [0.1, 0.15) is 22.9 Å². The van der Waals surface area contributed by atoms with Crippen molar-refractivity contribution >= 4 is 59.5 Å². The number of benzene rings is 2. The molecule has 0 unspecified atom stereocenters. The summed E-state index contributed by atoms with van der Waals surface area (Å²) in [5, 5.41) is 8.18. The summed E-state index contributed by atoms with van der Waals surface area (Å²) in [7, 11) is 0. The van der Waals surface area contributed by atoms with Gasteiger partial charge in [-0.15, -0.1) is 0 Å². The summed E-state index contributed by atoms with van der Waals surface area (Å²) in [6.07, 6.45) is 3.77. The van der Waals surface area contributed by atoms with Gasteiger partial charge in [-0.2, -0.15) is 0 Å². The molecular formula is C30H32N6O8. The highest BCUT2D eigenvalue weighted by molar-refractivity contribution is 6.24. The quantitative estimate of drug-likeness (QED) is 0.222. The van der Waals surface area contributed by atoms with E-state index < -0.39 is 47.5 Å². The normalized spacial score (nSPS) is 16.3. The number of amides is 8. The van der Waals surface area contributed by atoms with E-state index in [1.54, 1.807) is 12.1 Å². The third-order valence-corrected chi connectivity index (χ3v) is 6.63. The van der Waals surface area contributed by atoms with Crippen molar-refractivity contribution < 1.29 is 38.2 Å². The van der Waals surface area contributed by atoms with Gasteiger partial charge in [-0.25, -0.2) is 9.59 Å². The lowest BCUT2D eigenvalue weighted by Crippen LogP contribution is -2.56. The number of rotatable bonds is 11. The number of ether oxygens (including phenoxy) is 2. The molecule has 44 heavy (non-hydrogen) atoms. The van der Waals surface area contributed by atoms with Gasteiger partial charge in [-0.3, -0.25) is 50.4 Å². The molecule has 14 heteroatoms. The van der Waals surface area contributed by atoms with Crippen molar-refractivity contribution in [1.29, 1.82) is 0 Å². The summed E-state index contributed by atoms with van der Waals surface area (Å²) in [5.41, 5.74) is 3.98. The van der Waals surface area contributed by atoms with Gasteiger partial charge < -0.3 is 9.47 Å². The number of carbonyl (C=O) groups is 6. The summed E-state index contributed by atoms with van der Waals surface area (Å²) >= 11 is 0. The van der Waals surface area contributed by atoms with Crippen LogP contribution in [0.2, 0.25) is 0 Å². The Labute approximate surface area is 252 Å². The van der Waals surface area contributed by atoms with Gasteiger partial charge in [0.15, 0.2) is 11.8 Å². The zero-order chi connectivity index (χ0) is 32.0. The minimum atomic E-state index is -1.29. The molecule has 2 aromatic carbocycles. The molecule has 0 bridgehead atoms. The second-order valence-corrected chi connectivity index (χ2v) is 10.1. The van der Waals surface area contributed by atoms with Gasteiger partial charge in [0, 0.05) is 12.4 Å². The minimum absolute atomic E-state index is 0.384. The largest absolute Gasteiger partial charge is 0.491 e. The maximum atomic E-state index is 12.2. The van der Waals surface area contributed by atoms with Crippen molar-refractivity contribution in [3.05, 3.63) is 35.4 Å². The van der Waals surface area contributed by atoms with E-state index in [2.05, 4.69) is 9.98 Å². The van der Waals surface area contributed by atoms with E-state index in [0.29, 0.717) is 48.9 Å². The summed E-state index contributed by atoms with van der Waals surface area (Å²) in [6, 6.07) is 5.39. The van der Waals surface area contributed by atoms with Crippen LogP contribution < -0.4 is 30.7 Å². The summed E-state index contributed by atoms with van der Waals surface area (Å²) in [6.45, 7) is 8.41. The summed E-state index contributed by atoms with van der Waals surface area (Å²) in [5.74, 6) is -4.84. The van der Waals surface area contributed by atoms with Crippen LogP contribution >= 0.6 is 0 Å². The first-order valence-corrected chi connectivity index (χ1v) is 14.0. The molecule has 230 valence electrons. The van der Waals surface area contributed by atoms with Crippen LogP contribution in [0, 0.1) is 25.7 Å². The number of carbonyl (C=O) groups excluding carboxylic acids is 6. The standard InChI is InChI=1S/C30H32N6O8/c1-5-7-43-23-11-17(15(3)9-21(23)31-13-19-25(37)33-29(41)34-26(19)38)18-12-24(44-8-6-2)22(10-16(18)4)32-14-20-27(39)35-30(42)36-28(20)40/h9-14,19-20H,5-8H2,1-4H3,(H2,33,34,37,38,41)(H2,35,36,39,40,42). The molecule has 4 N–H and O–H groups in total. The Morgan fingerprint density at radius 1 is 0.614 bits per heavy atom. The Kier molecular flexibility index (Phi) is 9.83. The number of nitrogens with one attached hydrogen (secondary N) is 4. The first-order valence-electron chi connectivity index (χ1n) is 14.0. The first-order chi connectivity index (χ1) is 21.0. The molecule has 0 radical (unpaired) electrons. The maximum absolute atomic E-state index is 12.2. The molecule has 4 rings (SSSR count). The molecule has 0 aliphatic carbocycles. The zero-order valence-corrected chi connectivity index (χ0v) is 24.6. The van der Waals surface area contributed by atoms with Gasteiger partial charge in [0.25, 0.3) is 0 Å². The highest BCUT2D eigenvalue weighted by atomic mass is 16.5. The Bertz CT molecular complexity index is 1440. The fraction of sp³-hybridized carbons (Fsp3) is 0.333. The Balaban J connectivity index is 1.72. The molecule has 2 aromatic rings. The minimum Gasteiger partial charge on any atom is -0.491 e. The zero-order valence-electron chi connectivity index (χ0n) is 24.6. The Morgan fingerprint density at radius 2 is 0.955 bits per heavy atom. The van der Waals surface area contributed by atoms with Crippen molar-refractivity contribution in [3.63, 3.8) is 0 Å². The van der Waals surface area contributed by atoms with Crippen LogP contribution in [0.4, 0.5) is 21.0 Å². The number of imide groups is 4. The van der Waals surface area contributed by atoms with E-state index in [0.717, 1.165) is 22.3 Å². The number of hydrogen-bond acceptors (Lipinski definition) is 10. The molecule has 0 spiro atoms. The van der Waals surface area contributed by atoms with Crippen LogP contribution in [0.1, 0.15) is 37.8 Å². The highest BCUT2D eigenvalue weighted by Crippen LogP contribution is 2.41. The molecule has 0 aromatic heterocycles. The van der Waals surface area contributed by atoms with Gasteiger partial charge >= 0.3 is 12.1 Å². The lowest BCUT2D eigenvalue weighted by atomic mass is 9.94. The average molecular weight is 605 g/mol. The molecule has 0 atom stereocenters. The molecule has 14 nitrogen and oxygen atoms in total. The number of nitrogens with zero attached hydrogens (tertiary/aromatic N) is 2. The number of hydrogen-bond donors (Lipinski definition) is 4. The van der Waals surface area contributed by atoms with Crippen LogP contribution in [0.5, 0.6) is 11.5 Å². The number of aryl methyl sites for hydroxylation is 2. The second-order valence-electron chi connectivity index (χ2n) is 10.1. The van der Waals surface area contributed by atoms with E-state index in [-0.39, 0.29) is 0 Å².